The van der Waals surface area contributed by atoms with E-state index in [-0.39, 0.29) is 5.78 Å². The molecule has 0 saturated carbocycles. The molecule has 142 valence electrons. The lowest BCUT2D eigenvalue weighted by Gasteiger charge is -2.08. The Hall–Kier alpha value is -3.49. The van der Waals surface area contributed by atoms with Crippen LogP contribution in [0.4, 0.5) is 17.6 Å². The summed E-state index contributed by atoms with van der Waals surface area (Å²) >= 11 is 0. The SMILES string of the molecule is COc1ccc(-c2cc(-c3cnc4nc(C(F)(F)F)cnn34)ccc2F)cc1. The number of methoxy groups -OCH3 is 1. The summed E-state index contributed by atoms with van der Waals surface area (Å²) in [4.78, 5) is 7.38. The van der Waals surface area contributed by atoms with E-state index in [9.17, 15) is 17.6 Å². The monoisotopic (exact) mass is 388 g/mol. The van der Waals surface area contributed by atoms with Gasteiger partial charge >= 0.3 is 6.18 Å². The van der Waals surface area contributed by atoms with Crippen molar-refractivity contribution >= 4 is 5.78 Å². The van der Waals surface area contributed by atoms with Crippen molar-refractivity contribution < 1.29 is 22.3 Å². The van der Waals surface area contributed by atoms with Crippen LogP contribution in [0.3, 0.4) is 0 Å². The highest BCUT2D eigenvalue weighted by Crippen LogP contribution is 2.31. The van der Waals surface area contributed by atoms with E-state index in [0.717, 1.165) is 0 Å². The maximum atomic E-state index is 14.4. The summed E-state index contributed by atoms with van der Waals surface area (Å²) < 4.78 is 59.0. The van der Waals surface area contributed by atoms with Gasteiger partial charge in [0.25, 0.3) is 5.78 Å². The van der Waals surface area contributed by atoms with Crippen LogP contribution in [0.1, 0.15) is 5.69 Å². The van der Waals surface area contributed by atoms with E-state index in [4.69, 9.17) is 4.74 Å². The Morgan fingerprint density at radius 3 is 2.36 bits per heavy atom. The van der Waals surface area contributed by atoms with Crippen LogP contribution in [0.25, 0.3) is 28.2 Å². The summed E-state index contributed by atoms with van der Waals surface area (Å²) in [5, 5.41) is 3.79. The molecule has 0 aliphatic rings. The molecule has 2 aromatic heterocycles. The van der Waals surface area contributed by atoms with Crippen LogP contribution >= 0.6 is 0 Å². The molecule has 0 unspecified atom stereocenters. The molecule has 9 heteroatoms. The fourth-order valence-corrected chi connectivity index (χ4v) is 2.78. The van der Waals surface area contributed by atoms with Crippen LogP contribution in [0.5, 0.6) is 5.75 Å². The summed E-state index contributed by atoms with van der Waals surface area (Å²) in [5.41, 5.74) is 0.754. The third-order valence-electron chi connectivity index (χ3n) is 4.19. The van der Waals surface area contributed by atoms with Crippen LogP contribution in [-0.4, -0.2) is 26.7 Å². The summed E-state index contributed by atoms with van der Waals surface area (Å²) in [7, 11) is 1.53. The minimum atomic E-state index is -4.61. The molecule has 0 radical (unpaired) electrons. The first-order valence-electron chi connectivity index (χ1n) is 8.09. The molecule has 28 heavy (non-hydrogen) atoms. The number of ether oxygens (including phenoxy) is 1. The second kappa shape index (κ2) is 6.59. The van der Waals surface area contributed by atoms with E-state index in [1.807, 2.05) is 0 Å². The molecule has 5 nitrogen and oxygen atoms in total. The first-order chi connectivity index (χ1) is 13.4. The average molecular weight is 388 g/mol. The van der Waals surface area contributed by atoms with Gasteiger partial charge in [0.1, 0.15) is 11.6 Å². The molecule has 2 aromatic carbocycles. The fraction of sp³-hybridized carbons (Fsp3) is 0.105. The zero-order chi connectivity index (χ0) is 19.9. The zero-order valence-corrected chi connectivity index (χ0v) is 14.4. The first kappa shape index (κ1) is 17.9. The van der Waals surface area contributed by atoms with E-state index in [2.05, 4.69) is 15.1 Å². The van der Waals surface area contributed by atoms with Gasteiger partial charge in [-0.3, -0.25) is 0 Å². The molecule has 0 atom stereocenters. The number of imidazole rings is 1. The van der Waals surface area contributed by atoms with Crippen molar-refractivity contribution in [2.24, 2.45) is 0 Å². The van der Waals surface area contributed by atoms with Crippen LogP contribution in [0.2, 0.25) is 0 Å². The third kappa shape index (κ3) is 3.15. The average Bonchev–Trinajstić information content (AvgIpc) is 3.11. The van der Waals surface area contributed by atoms with E-state index in [0.29, 0.717) is 34.3 Å². The molecule has 0 aliphatic heterocycles. The number of fused-ring (bicyclic) bond motifs is 1. The molecule has 0 N–H and O–H groups in total. The van der Waals surface area contributed by atoms with Crippen molar-refractivity contribution in [3.05, 3.63) is 66.4 Å². The van der Waals surface area contributed by atoms with Crippen LogP contribution in [-0.2, 0) is 6.18 Å². The van der Waals surface area contributed by atoms with E-state index in [1.165, 1.54) is 30.0 Å². The maximum absolute atomic E-state index is 14.4. The van der Waals surface area contributed by atoms with Gasteiger partial charge in [0, 0.05) is 11.1 Å². The number of rotatable bonds is 3. The zero-order valence-electron chi connectivity index (χ0n) is 14.4. The van der Waals surface area contributed by atoms with Crippen molar-refractivity contribution in [3.63, 3.8) is 0 Å². The molecule has 0 saturated heterocycles. The summed E-state index contributed by atoms with van der Waals surface area (Å²) in [5.74, 6) is 0.00571. The minimum Gasteiger partial charge on any atom is -0.497 e. The minimum absolute atomic E-state index is 0.194. The first-order valence-corrected chi connectivity index (χ1v) is 8.09. The van der Waals surface area contributed by atoms with Crippen molar-refractivity contribution in [2.45, 2.75) is 6.18 Å². The number of nitrogens with zero attached hydrogens (tertiary/aromatic N) is 4. The van der Waals surface area contributed by atoms with Crippen molar-refractivity contribution in [1.82, 2.24) is 19.6 Å². The normalized spacial score (nSPS) is 11.8. The van der Waals surface area contributed by atoms with Crippen molar-refractivity contribution in [1.29, 1.82) is 0 Å². The van der Waals surface area contributed by atoms with E-state index >= 15 is 0 Å². The third-order valence-corrected chi connectivity index (χ3v) is 4.19. The Morgan fingerprint density at radius 1 is 0.964 bits per heavy atom. The van der Waals surface area contributed by atoms with Crippen LogP contribution < -0.4 is 4.74 Å². The molecular formula is C19H12F4N4O. The van der Waals surface area contributed by atoms with Crippen molar-refractivity contribution in [3.8, 4) is 28.1 Å². The highest BCUT2D eigenvalue weighted by atomic mass is 19.4. The predicted molar refractivity (Wildman–Crippen MR) is 93.2 cm³/mol. The standard InChI is InChI=1S/C19H12F4N4O/c1-28-13-5-2-11(3-6-13)14-8-12(4-7-15(14)20)16-9-24-18-26-17(19(21,22)23)10-25-27(16)18/h2-10H,1H3. The fourth-order valence-electron chi connectivity index (χ4n) is 2.78. The summed E-state index contributed by atoms with van der Waals surface area (Å²) in [6.07, 6.45) is -2.63. The molecule has 0 bridgehead atoms. The Balaban J connectivity index is 1.79. The summed E-state index contributed by atoms with van der Waals surface area (Å²) in [6.45, 7) is 0. The van der Waals surface area contributed by atoms with E-state index in [1.54, 1.807) is 30.3 Å². The molecule has 0 aliphatic carbocycles. The molecule has 0 spiro atoms. The van der Waals surface area contributed by atoms with Gasteiger partial charge in [0.2, 0.25) is 0 Å². The van der Waals surface area contributed by atoms with E-state index < -0.39 is 17.7 Å². The Morgan fingerprint density at radius 2 is 1.68 bits per heavy atom. The van der Waals surface area contributed by atoms with Gasteiger partial charge in [0.05, 0.1) is 25.2 Å². The molecule has 4 aromatic rings. The largest absolute Gasteiger partial charge is 0.497 e. The van der Waals surface area contributed by atoms with Crippen LogP contribution in [0, 0.1) is 5.82 Å². The molecule has 2 heterocycles. The van der Waals surface area contributed by atoms with Crippen molar-refractivity contribution in [2.75, 3.05) is 7.11 Å². The molecule has 0 fully saturated rings. The van der Waals surface area contributed by atoms with Gasteiger partial charge in [-0.2, -0.15) is 22.8 Å². The van der Waals surface area contributed by atoms with Gasteiger partial charge in [-0.1, -0.05) is 12.1 Å². The smallest absolute Gasteiger partial charge is 0.435 e. The number of alkyl halides is 3. The second-order valence-corrected chi connectivity index (χ2v) is 5.92. The Kier molecular flexibility index (Phi) is 4.21. The number of hydrogen-bond donors (Lipinski definition) is 0. The maximum Gasteiger partial charge on any atom is 0.435 e. The van der Waals surface area contributed by atoms with Gasteiger partial charge in [-0.15, -0.1) is 0 Å². The quantitative estimate of drug-likeness (QED) is 0.481. The van der Waals surface area contributed by atoms with Gasteiger partial charge in [-0.05, 0) is 35.9 Å². The highest BCUT2D eigenvalue weighted by Gasteiger charge is 2.33. The Labute approximate surface area is 156 Å². The lowest BCUT2D eigenvalue weighted by atomic mass is 10.0. The number of benzene rings is 2. The Bertz CT molecular complexity index is 1150. The van der Waals surface area contributed by atoms with Gasteiger partial charge < -0.3 is 4.74 Å². The lowest BCUT2D eigenvalue weighted by molar-refractivity contribution is -0.141. The molecular weight excluding hydrogens is 376 g/mol. The van der Waals surface area contributed by atoms with Gasteiger partial charge in [0.15, 0.2) is 5.69 Å². The molecule has 4 rings (SSSR count). The number of aromatic nitrogens is 4. The van der Waals surface area contributed by atoms with Gasteiger partial charge in [-0.25, -0.2) is 14.4 Å². The van der Waals surface area contributed by atoms with Crippen LogP contribution in [0.15, 0.2) is 54.9 Å². The predicted octanol–water partition coefficient (Wildman–Crippen LogP) is 4.62. The number of halogens is 4. The highest BCUT2D eigenvalue weighted by molar-refractivity contribution is 5.73. The summed E-state index contributed by atoms with van der Waals surface area (Å²) in [6, 6.07) is 11.2. The molecule has 0 amide bonds. The lowest BCUT2D eigenvalue weighted by Crippen LogP contribution is -2.11. The topological polar surface area (TPSA) is 52.3 Å². The second-order valence-electron chi connectivity index (χ2n) is 5.92. The number of hydrogen-bond acceptors (Lipinski definition) is 4.